The SMILES string of the molecule is Cc1cc(C)n(-c2cc(Oc3ccc(NC(=O)c4ccc(F)c(F)c4)cc3)ncn2)n1. The molecule has 7 nitrogen and oxygen atoms in total. The van der Waals surface area contributed by atoms with Crippen molar-refractivity contribution in [2.45, 2.75) is 13.8 Å². The van der Waals surface area contributed by atoms with Crippen LogP contribution in [0.2, 0.25) is 0 Å². The van der Waals surface area contributed by atoms with Gasteiger partial charge in [-0.2, -0.15) is 5.10 Å². The zero-order valence-electron chi connectivity index (χ0n) is 16.6. The average molecular weight is 421 g/mol. The van der Waals surface area contributed by atoms with E-state index in [-0.39, 0.29) is 5.56 Å². The van der Waals surface area contributed by atoms with E-state index in [1.807, 2.05) is 19.9 Å². The highest BCUT2D eigenvalue weighted by molar-refractivity contribution is 6.04. The second-order valence-corrected chi connectivity index (χ2v) is 6.76. The number of carbonyl (C=O) groups is 1. The summed E-state index contributed by atoms with van der Waals surface area (Å²) in [6, 6.07) is 13.1. The lowest BCUT2D eigenvalue weighted by Gasteiger charge is -2.09. The molecule has 0 bridgehead atoms. The largest absolute Gasteiger partial charge is 0.439 e. The number of halogens is 2. The molecule has 2 aromatic carbocycles. The maximum atomic E-state index is 13.3. The number of rotatable bonds is 5. The molecule has 0 saturated carbocycles. The van der Waals surface area contributed by atoms with Crippen LogP contribution in [0.25, 0.3) is 5.82 Å². The zero-order chi connectivity index (χ0) is 22.0. The number of amides is 1. The molecule has 0 aliphatic heterocycles. The van der Waals surface area contributed by atoms with Gasteiger partial charge in [-0.05, 0) is 62.4 Å². The minimum atomic E-state index is -1.08. The summed E-state index contributed by atoms with van der Waals surface area (Å²) in [6.45, 7) is 3.82. The highest BCUT2D eigenvalue weighted by Gasteiger charge is 2.11. The van der Waals surface area contributed by atoms with Gasteiger partial charge < -0.3 is 10.1 Å². The molecule has 0 radical (unpaired) electrons. The Morgan fingerprint density at radius 1 is 0.968 bits per heavy atom. The molecule has 156 valence electrons. The molecule has 9 heteroatoms. The maximum Gasteiger partial charge on any atom is 0.255 e. The molecule has 0 unspecified atom stereocenters. The maximum absolute atomic E-state index is 13.3. The number of hydrogen-bond donors (Lipinski definition) is 1. The van der Waals surface area contributed by atoms with E-state index in [1.165, 1.54) is 12.4 Å². The fourth-order valence-corrected chi connectivity index (χ4v) is 2.93. The van der Waals surface area contributed by atoms with Gasteiger partial charge in [-0.1, -0.05) is 0 Å². The monoisotopic (exact) mass is 421 g/mol. The van der Waals surface area contributed by atoms with Crippen LogP contribution in [0.4, 0.5) is 14.5 Å². The highest BCUT2D eigenvalue weighted by Crippen LogP contribution is 2.23. The third-order valence-electron chi connectivity index (χ3n) is 4.37. The Labute approximate surface area is 176 Å². The van der Waals surface area contributed by atoms with Crippen molar-refractivity contribution < 1.29 is 18.3 Å². The zero-order valence-corrected chi connectivity index (χ0v) is 16.6. The number of benzene rings is 2. The van der Waals surface area contributed by atoms with E-state index in [1.54, 1.807) is 35.0 Å². The van der Waals surface area contributed by atoms with Gasteiger partial charge in [0.15, 0.2) is 17.5 Å². The minimum Gasteiger partial charge on any atom is -0.439 e. The Hall–Kier alpha value is -4.14. The van der Waals surface area contributed by atoms with E-state index in [4.69, 9.17) is 4.74 Å². The molecular weight excluding hydrogens is 404 g/mol. The first-order valence-corrected chi connectivity index (χ1v) is 9.29. The summed E-state index contributed by atoms with van der Waals surface area (Å²) in [4.78, 5) is 20.5. The molecule has 0 atom stereocenters. The molecule has 0 aliphatic carbocycles. The minimum absolute atomic E-state index is 0.0110. The second kappa shape index (κ2) is 8.31. The standard InChI is InChI=1S/C22H17F2N5O2/c1-13-9-14(2)29(28-13)20-11-21(26-12-25-20)31-17-6-4-16(5-7-17)27-22(30)15-3-8-18(23)19(24)10-15/h3-12H,1-2H3,(H,27,30). The van der Waals surface area contributed by atoms with Crippen molar-refractivity contribution in [3.8, 4) is 17.4 Å². The fourth-order valence-electron chi connectivity index (χ4n) is 2.93. The molecule has 0 aliphatic rings. The summed E-state index contributed by atoms with van der Waals surface area (Å²) in [5, 5.41) is 7.00. The summed E-state index contributed by atoms with van der Waals surface area (Å²) < 4.78 is 33.8. The molecule has 4 rings (SSSR count). The highest BCUT2D eigenvalue weighted by atomic mass is 19.2. The molecule has 1 amide bonds. The van der Waals surface area contributed by atoms with E-state index in [0.717, 1.165) is 23.5 Å². The third kappa shape index (κ3) is 4.55. The number of anilines is 1. The van der Waals surface area contributed by atoms with Gasteiger partial charge in [0.2, 0.25) is 5.88 Å². The molecule has 31 heavy (non-hydrogen) atoms. The predicted octanol–water partition coefficient (Wildman–Crippen LogP) is 4.60. The lowest BCUT2D eigenvalue weighted by molar-refractivity contribution is 0.102. The molecule has 0 saturated heterocycles. The van der Waals surface area contributed by atoms with Crippen LogP contribution in [-0.4, -0.2) is 25.7 Å². The van der Waals surface area contributed by atoms with Gasteiger partial charge in [-0.15, -0.1) is 0 Å². The van der Waals surface area contributed by atoms with Gasteiger partial charge in [0.25, 0.3) is 5.91 Å². The van der Waals surface area contributed by atoms with Crippen molar-refractivity contribution in [3.05, 3.63) is 89.5 Å². The van der Waals surface area contributed by atoms with E-state index >= 15 is 0 Å². The van der Waals surface area contributed by atoms with Crippen LogP contribution in [0, 0.1) is 25.5 Å². The van der Waals surface area contributed by atoms with Gasteiger partial charge in [0, 0.05) is 23.0 Å². The number of nitrogens with one attached hydrogen (secondary N) is 1. The molecular formula is C22H17F2N5O2. The van der Waals surface area contributed by atoms with Crippen LogP contribution < -0.4 is 10.1 Å². The normalized spacial score (nSPS) is 10.7. The third-order valence-corrected chi connectivity index (χ3v) is 4.37. The lowest BCUT2D eigenvalue weighted by atomic mass is 10.2. The molecule has 4 aromatic rings. The van der Waals surface area contributed by atoms with Gasteiger partial charge in [0.05, 0.1) is 5.69 Å². The van der Waals surface area contributed by atoms with E-state index < -0.39 is 17.5 Å². The van der Waals surface area contributed by atoms with Crippen molar-refractivity contribution in [1.29, 1.82) is 0 Å². The summed E-state index contributed by atoms with van der Waals surface area (Å²) in [5.41, 5.74) is 2.29. The van der Waals surface area contributed by atoms with Gasteiger partial charge in [0.1, 0.15) is 12.1 Å². The van der Waals surface area contributed by atoms with Gasteiger partial charge >= 0.3 is 0 Å². The van der Waals surface area contributed by atoms with Gasteiger partial charge in [-0.3, -0.25) is 4.79 Å². The topological polar surface area (TPSA) is 81.9 Å². The van der Waals surface area contributed by atoms with Crippen molar-refractivity contribution in [3.63, 3.8) is 0 Å². The molecule has 0 fully saturated rings. The Morgan fingerprint density at radius 3 is 2.42 bits per heavy atom. The van der Waals surface area contributed by atoms with Crippen molar-refractivity contribution in [2.75, 3.05) is 5.32 Å². The number of aromatic nitrogens is 4. The van der Waals surface area contributed by atoms with Crippen LogP contribution in [0.1, 0.15) is 21.7 Å². The van der Waals surface area contributed by atoms with Gasteiger partial charge in [-0.25, -0.2) is 23.4 Å². The second-order valence-electron chi connectivity index (χ2n) is 6.76. The van der Waals surface area contributed by atoms with Crippen LogP contribution in [0.3, 0.4) is 0 Å². The quantitative estimate of drug-likeness (QED) is 0.509. The van der Waals surface area contributed by atoms with Crippen molar-refractivity contribution in [2.24, 2.45) is 0 Å². The van der Waals surface area contributed by atoms with Crippen LogP contribution in [-0.2, 0) is 0 Å². The van der Waals surface area contributed by atoms with Crippen LogP contribution in [0.15, 0.2) is 60.9 Å². The summed E-state index contributed by atoms with van der Waals surface area (Å²) in [7, 11) is 0. The average Bonchev–Trinajstić information content (AvgIpc) is 3.09. The Kier molecular flexibility index (Phi) is 5.40. The Balaban J connectivity index is 1.45. The predicted molar refractivity (Wildman–Crippen MR) is 109 cm³/mol. The van der Waals surface area contributed by atoms with Crippen molar-refractivity contribution in [1.82, 2.24) is 19.7 Å². The Bertz CT molecular complexity index is 1260. The fraction of sp³-hybridized carbons (Fsp3) is 0.0909. The summed E-state index contributed by atoms with van der Waals surface area (Å²) >= 11 is 0. The first-order valence-electron chi connectivity index (χ1n) is 9.29. The summed E-state index contributed by atoms with van der Waals surface area (Å²) in [5.74, 6) is -1.26. The van der Waals surface area contributed by atoms with E-state index in [0.29, 0.717) is 23.1 Å². The first kappa shape index (κ1) is 20.1. The number of ether oxygens (including phenoxy) is 1. The molecule has 1 N–H and O–H groups in total. The van der Waals surface area contributed by atoms with E-state index in [2.05, 4.69) is 20.4 Å². The van der Waals surface area contributed by atoms with Crippen LogP contribution in [0.5, 0.6) is 11.6 Å². The number of aryl methyl sites for hydroxylation is 2. The molecule has 2 heterocycles. The van der Waals surface area contributed by atoms with Crippen molar-refractivity contribution >= 4 is 11.6 Å². The van der Waals surface area contributed by atoms with E-state index in [9.17, 15) is 13.6 Å². The number of hydrogen-bond acceptors (Lipinski definition) is 5. The van der Waals surface area contributed by atoms with Crippen LogP contribution >= 0.6 is 0 Å². The molecule has 0 spiro atoms. The molecule has 2 aromatic heterocycles. The summed E-state index contributed by atoms with van der Waals surface area (Å²) in [6.07, 6.45) is 1.39. The number of nitrogens with zero attached hydrogens (tertiary/aromatic N) is 4. The number of carbonyl (C=O) groups excluding carboxylic acids is 1. The smallest absolute Gasteiger partial charge is 0.255 e. The lowest BCUT2D eigenvalue weighted by Crippen LogP contribution is -2.12. The Morgan fingerprint density at radius 2 is 1.74 bits per heavy atom. The first-order chi connectivity index (χ1) is 14.9.